The lowest BCUT2D eigenvalue weighted by atomic mass is 9.94. The predicted octanol–water partition coefficient (Wildman–Crippen LogP) is 4.36. The molecule has 27 heavy (non-hydrogen) atoms. The van der Waals surface area contributed by atoms with Crippen molar-refractivity contribution in [3.05, 3.63) is 82.8 Å². The Morgan fingerprint density at radius 1 is 1.00 bits per heavy atom. The number of carbonyl (C=O) groups is 2. The molecule has 1 aliphatic carbocycles. The average molecular weight is 360 g/mol. The van der Waals surface area contributed by atoms with Crippen LogP contribution in [0, 0.1) is 13.8 Å². The summed E-state index contributed by atoms with van der Waals surface area (Å²) in [5, 5.41) is 13.7. The first kappa shape index (κ1) is 18.3. The minimum absolute atomic E-state index is 0.0513. The molecule has 0 saturated carbocycles. The monoisotopic (exact) mass is 360 g/mol. The average Bonchev–Trinajstić information content (AvgIpc) is 2.62. The van der Waals surface area contributed by atoms with Crippen LogP contribution in [0.1, 0.15) is 18.1 Å². The Hall–Kier alpha value is -3.47. The van der Waals surface area contributed by atoms with Gasteiger partial charge < -0.3 is 10.4 Å². The smallest absolute Gasteiger partial charge is 0.207 e. The van der Waals surface area contributed by atoms with Crippen LogP contribution < -0.4 is 5.32 Å². The van der Waals surface area contributed by atoms with Crippen molar-refractivity contribution in [2.24, 2.45) is 4.99 Å². The van der Waals surface area contributed by atoms with Gasteiger partial charge in [0.1, 0.15) is 5.71 Å². The van der Waals surface area contributed by atoms with Crippen molar-refractivity contribution in [2.45, 2.75) is 20.8 Å². The number of nitrogens with one attached hydrogen (secondary N) is 1. The quantitative estimate of drug-likeness (QED) is 0.794. The number of benzene rings is 2. The maximum Gasteiger partial charge on any atom is 0.207 e. The number of anilines is 1. The second-order valence-electron chi connectivity index (χ2n) is 6.39. The van der Waals surface area contributed by atoms with Crippen LogP contribution in [-0.4, -0.2) is 22.4 Å². The molecule has 1 aliphatic rings. The van der Waals surface area contributed by atoms with E-state index in [-0.39, 0.29) is 22.7 Å². The standard InChI is InChI=1S/C22H20N2O3/c1-13-8-4-6-10-16(13)23-18-12-19(26)21(20(15(3)25)22(18)27)24-17-11-7-5-9-14(17)2/h4-12,23,27H,1-3H3. The number of carbonyl (C=O) groups excluding carboxylic acids is 2. The lowest BCUT2D eigenvalue weighted by Crippen LogP contribution is -2.27. The van der Waals surface area contributed by atoms with Crippen molar-refractivity contribution in [3.63, 3.8) is 0 Å². The third-order valence-corrected chi connectivity index (χ3v) is 4.35. The minimum atomic E-state index is -0.433. The van der Waals surface area contributed by atoms with Gasteiger partial charge in [0, 0.05) is 11.8 Å². The number of aliphatic imine (C=N–C) groups is 1. The molecule has 5 heteroatoms. The molecule has 0 spiro atoms. The molecule has 2 aromatic carbocycles. The fraction of sp³-hybridized carbons (Fsp3) is 0.136. The van der Waals surface area contributed by atoms with Gasteiger partial charge in [-0.15, -0.1) is 0 Å². The van der Waals surface area contributed by atoms with Gasteiger partial charge >= 0.3 is 0 Å². The molecule has 3 rings (SSSR count). The number of nitrogens with zero attached hydrogens (tertiary/aromatic N) is 1. The van der Waals surface area contributed by atoms with Gasteiger partial charge in [0.25, 0.3) is 0 Å². The van der Waals surface area contributed by atoms with Crippen molar-refractivity contribution in [3.8, 4) is 0 Å². The predicted molar refractivity (Wildman–Crippen MR) is 107 cm³/mol. The third-order valence-electron chi connectivity index (χ3n) is 4.35. The highest BCUT2D eigenvalue weighted by Gasteiger charge is 2.30. The first-order valence-corrected chi connectivity index (χ1v) is 8.56. The minimum Gasteiger partial charge on any atom is -0.505 e. The molecule has 0 bridgehead atoms. The van der Waals surface area contributed by atoms with Crippen molar-refractivity contribution >= 4 is 28.7 Å². The summed E-state index contributed by atoms with van der Waals surface area (Å²) in [6.45, 7) is 5.08. The molecule has 0 unspecified atom stereocenters. The van der Waals surface area contributed by atoms with Crippen LogP contribution in [0.4, 0.5) is 11.4 Å². The number of rotatable bonds is 4. The topological polar surface area (TPSA) is 78.8 Å². The van der Waals surface area contributed by atoms with Gasteiger partial charge in [-0.1, -0.05) is 36.4 Å². The Morgan fingerprint density at radius 3 is 2.26 bits per heavy atom. The molecular formula is C22H20N2O3. The van der Waals surface area contributed by atoms with Gasteiger partial charge in [0.05, 0.1) is 17.0 Å². The van der Waals surface area contributed by atoms with Crippen molar-refractivity contribution < 1.29 is 14.7 Å². The van der Waals surface area contributed by atoms with E-state index in [4.69, 9.17) is 0 Å². The fourth-order valence-corrected chi connectivity index (χ4v) is 2.85. The number of aliphatic hydroxyl groups is 1. The number of hydrogen-bond acceptors (Lipinski definition) is 5. The largest absolute Gasteiger partial charge is 0.505 e. The summed E-state index contributed by atoms with van der Waals surface area (Å²) in [5.41, 5.74) is 3.19. The SMILES string of the molecule is CC(=O)C1=C(O)C(Nc2ccccc2C)=CC(=O)C1=Nc1ccccc1C. The van der Waals surface area contributed by atoms with E-state index < -0.39 is 11.6 Å². The van der Waals surface area contributed by atoms with E-state index in [2.05, 4.69) is 10.3 Å². The summed E-state index contributed by atoms with van der Waals surface area (Å²) < 4.78 is 0. The van der Waals surface area contributed by atoms with Crippen LogP contribution in [0.15, 0.2) is 76.6 Å². The third kappa shape index (κ3) is 3.72. The van der Waals surface area contributed by atoms with Crippen LogP contribution in [-0.2, 0) is 9.59 Å². The van der Waals surface area contributed by atoms with Crippen LogP contribution in [0.5, 0.6) is 0 Å². The van der Waals surface area contributed by atoms with Crippen LogP contribution >= 0.6 is 0 Å². The Kier molecular flexibility index (Phi) is 5.03. The van der Waals surface area contributed by atoms with E-state index in [0.717, 1.165) is 16.8 Å². The summed E-state index contributed by atoms with van der Waals surface area (Å²) in [7, 11) is 0. The zero-order valence-electron chi connectivity index (χ0n) is 15.4. The highest BCUT2D eigenvalue weighted by Crippen LogP contribution is 2.27. The summed E-state index contributed by atoms with van der Waals surface area (Å²) in [6, 6.07) is 14.8. The first-order valence-electron chi connectivity index (χ1n) is 8.56. The van der Waals surface area contributed by atoms with Gasteiger partial charge in [-0.25, -0.2) is 4.99 Å². The molecular weight excluding hydrogens is 340 g/mol. The molecule has 0 atom stereocenters. The van der Waals surface area contributed by atoms with Gasteiger partial charge in [0.15, 0.2) is 11.5 Å². The van der Waals surface area contributed by atoms with Crippen LogP contribution in [0.2, 0.25) is 0 Å². The number of Topliss-reactive ketones (excluding diaryl/α,β-unsaturated/α-hetero) is 1. The van der Waals surface area contributed by atoms with E-state index >= 15 is 0 Å². The van der Waals surface area contributed by atoms with Gasteiger partial charge in [-0.3, -0.25) is 9.59 Å². The Morgan fingerprint density at radius 2 is 1.63 bits per heavy atom. The number of hydrogen-bond donors (Lipinski definition) is 2. The maximum absolute atomic E-state index is 12.7. The number of aliphatic hydroxyl groups excluding tert-OH is 1. The molecule has 0 saturated heterocycles. The van der Waals surface area contributed by atoms with E-state index in [1.807, 2.05) is 50.2 Å². The highest BCUT2D eigenvalue weighted by molar-refractivity contribution is 6.56. The summed E-state index contributed by atoms with van der Waals surface area (Å²) >= 11 is 0. The fourth-order valence-electron chi connectivity index (χ4n) is 2.85. The lowest BCUT2D eigenvalue weighted by molar-refractivity contribution is -0.114. The van der Waals surface area contributed by atoms with E-state index in [0.29, 0.717) is 5.69 Å². The zero-order chi connectivity index (χ0) is 19.6. The molecule has 0 aliphatic heterocycles. The van der Waals surface area contributed by atoms with E-state index in [1.54, 1.807) is 12.1 Å². The second kappa shape index (κ2) is 7.41. The van der Waals surface area contributed by atoms with Crippen molar-refractivity contribution in [1.82, 2.24) is 0 Å². The Balaban J connectivity index is 2.07. The number of para-hydroxylation sites is 2. The van der Waals surface area contributed by atoms with E-state index in [1.165, 1.54) is 13.0 Å². The molecule has 0 radical (unpaired) electrons. The highest BCUT2D eigenvalue weighted by atomic mass is 16.3. The van der Waals surface area contributed by atoms with Gasteiger partial charge in [-0.2, -0.15) is 0 Å². The van der Waals surface area contributed by atoms with Crippen LogP contribution in [0.25, 0.3) is 0 Å². The van der Waals surface area contributed by atoms with Gasteiger partial charge in [0.2, 0.25) is 5.78 Å². The first-order chi connectivity index (χ1) is 12.9. The molecule has 0 fully saturated rings. The second-order valence-corrected chi connectivity index (χ2v) is 6.39. The van der Waals surface area contributed by atoms with Crippen molar-refractivity contribution in [1.29, 1.82) is 0 Å². The van der Waals surface area contributed by atoms with Crippen LogP contribution in [0.3, 0.4) is 0 Å². The molecule has 0 amide bonds. The zero-order valence-corrected chi connectivity index (χ0v) is 15.4. The molecule has 2 aromatic rings. The summed E-state index contributed by atoms with van der Waals surface area (Å²) in [4.78, 5) is 29.3. The molecule has 0 aromatic heterocycles. The normalized spacial score (nSPS) is 15.7. The van der Waals surface area contributed by atoms with Gasteiger partial charge in [-0.05, 0) is 44.0 Å². The number of aryl methyl sites for hydroxylation is 2. The lowest BCUT2D eigenvalue weighted by Gasteiger charge is -2.19. The summed E-state index contributed by atoms with van der Waals surface area (Å²) in [5.74, 6) is -1.14. The van der Waals surface area contributed by atoms with E-state index in [9.17, 15) is 14.7 Å². The van der Waals surface area contributed by atoms with Crippen molar-refractivity contribution in [2.75, 3.05) is 5.32 Å². The number of allylic oxidation sites excluding steroid dienone is 2. The number of ketones is 2. The summed E-state index contributed by atoms with van der Waals surface area (Å²) in [6.07, 6.45) is 1.27. The molecule has 5 nitrogen and oxygen atoms in total. The Bertz CT molecular complexity index is 1030. The molecule has 0 heterocycles. The molecule has 2 N–H and O–H groups in total. The maximum atomic E-state index is 12.7. The Labute approximate surface area is 157 Å². The molecule has 136 valence electrons.